The van der Waals surface area contributed by atoms with Gasteiger partial charge in [-0.25, -0.2) is 4.79 Å². The van der Waals surface area contributed by atoms with E-state index in [1.807, 2.05) is 67.6 Å². The molecule has 7 heteroatoms. The molecule has 0 spiro atoms. The number of ether oxygens (including phenoxy) is 1. The quantitative estimate of drug-likeness (QED) is 0.639. The maximum atomic E-state index is 12.2. The van der Waals surface area contributed by atoms with Crippen LogP contribution in [-0.4, -0.2) is 39.5 Å². The molecular weight excluding hydrogens is 356 g/mol. The van der Waals surface area contributed by atoms with E-state index in [-0.39, 0.29) is 17.5 Å². The van der Waals surface area contributed by atoms with E-state index >= 15 is 0 Å². The molecule has 0 radical (unpaired) electrons. The Kier molecular flexibility index (Phi) is 6.16. The largest absolute Gasteiger partial charge is 0.448 e. The summed E-state index contributed by atoms with van der Waals surface area (Å²) in [6.45, 7) is 4.01. The summed E-state index contributed by atoms with van der Waals surface area (Å²) in [7, 11) is 0. The van der Waals surface area contributed by atoms with Gasteiger partial charge >= 0.3 is 5.97 Å². The van der Waals surface area contributed by atoms with Gasteiger partial charge in [-0.05, 0) is 30.5 Å². The molecule has 1 heterocycles. The van der Waals surface area contributed by atoms with Crippen molar-refractivity contribution in [3.63, 3.8) is 0 Å². The lowest BCUT2D eigenvalue weighted by molar-refractivity contribution is -0.129. The van der Waals surface area contributed by atoms with Gasteiger partial charge < -0.3 is 10.1 Å². The Morgan fingerprint density at radius 3 is 2.36 bits per heavy atom. The van der Waals surface area contributed by atoms with Crippen LogP contribution in [-0.2, 0) is 9.53 Å². The monoisotopic (exact) mass is 378 g/mol. The molecule has 0 saturated carbocycles. The van der Waals surface area contributed by atoms with Crippen LogP contribution >= 0.6 is 0 Å². The van der Waals surface area contributed by atoms with Crippen LogP contribution in [0.2, 0.25) is 0 Å². The van der Waals surface area contributed by atoms with Crippen molar-refractivity contribution in [3.05, 3.63) is 78.1 Å². The zero-order valence-corrected chi connectivity index (χ0v) is 15.8. The lowest BCUT2D eigenvalue weighted by Gasteiger charge is -2.16. The van der Waals surface area contributed by atoms with E-state index in [1.165, 1.54) is 17.9 Å². The highest BCUT2D eigenvalue weighted by Crippen LogP contribution is 2.13. The van der Waals surface area contributed by atoms with Crippen molar-refractivity contribution in [1.29, 1.82) is 0 Å². The zero-order chi connectivity index (χ0) is 19.9. The third-order valence-corrected chi connectivity index (χ3v) is 4.29. The summed E-state index contributed by atoms with van der Waals surface area (Å²) in [4.78, 5) is 25.8. The van der Waals surface area contributed by atoms with Gasteiger partial charge in [0.15, 0.2) is 11.8 Å². The Bertz CT molecular complexity index is 925. The molecule has 1 aromatic heterocycles. The third-order valence-electron chi connectivity index (χ3n) is 4.29. The number of amides is 1. The fraction of sp³-hybridized carbons (Fsp3) is 0.238. The number of hydrogen-bond donors (Lipinski definition) is 1. The summed E-state index contributed by atoms with van der Waals surface area (Å²) < 4.78 is 5.22. The van der Waals surface area contributed by atoms with Crippen LogP contribution < -0.4 is 5.32 Å². The fourth-order valence-corrected chi connectivity index (χ4v) is 2.61. The number of carbonyl (C=O) groups excluding carboxylic acids is 2. The molecule has 0 bridgehead atoms. The van der Waals surface area contributed by atoms with Crippen molar-refractivity contribution in [2.75, 3.05) is 6.54 Å². The molecule has 0 unspecified atom stereocenters. The topological polar surface area (TPSA) is 86.1 Å². The number of nitrogens with zero attached hydrogens (tertiary/aromatic N) is 3. The van der Waals surface area contributed by atoms with Crippen LogP contribution in [0.15, 0.2) is 66.9 Å². The second kappa shape index (κ2) is 8.94. The molecule has 1 amide bonds. The molecule has 28 heavy (non-hydrogen) atoms. The summed E-state index contributed by atoms with van der Waals surface area (Å²) in [6, 6.07) is 19.1. The van der Waals surface area contributed by atoms with Crippen LogP contribution in [0.5, 0.6) is 0 Å². The van der Waals surface area contributed by atoms with Crippen LogP contribution in [0.4, 0.5) is 0 Å². The van der Waals surface area contributed by atoms with Crippen LogP contribution in [0.25, 0.3) is 5.69 Å². The lowest BCUT2D eigenvalue weighted by Crippen LogP contribution is -2.37. The van der Waals surface area contributed by atoms with Crippen molar-refractivity contribution in [1.82, 2.24) is 20.3 Å². The smallest absolute Gasteiger partial charge is 0.361 e. The molecule has 0 aliphatic carbocycles. The molecule has 0 saturated heterocycles. The van der Waals surface area contributed by atoms with Gasteiger partial charge in [-0.3, -0.25) is 4.79 Å². The minimum atomic E-state index is -0.933. The molecular formula is C21H22N4O3. The van der Waals surface area contributed by atoms with Crippen molar-refractivity contribution < 1.29 is 14.3 Å². The van der Waals surface area contributed by atoms with Crippen molar-refractivity contribution in [3.8, 4) is 5.69 Å². The number of rotatable bonds is 7. The number of benzene rings is 2. The van der Waals surface area contributed by atoms with E-state index in [0.29, 0.717) is 6.54 Å². The van der Waals surface area contributed by atoms with Gasteiger partial charge in [0.05, 0.1) is 11.9 Å². The first-order valence-corrected chi connectivity index (χ1v) is 9.06. The van der Waals surface area contributed by atoms with Crippen LogP contribution in [0.3, 0.4) is 0 Å². The summed E-state index contributed by atoms with van der Waals surface area (Å²) in [5.41, 5.74) is 1.90. The van der Waals surface area contributed by atoms with Crippen molar-refractivity contribution in [2.24, 2.45) is 0 Å². The summed E-state index contributed by atoms with van der Waals surface area (Å²) in [6.07, 6.45) is 0.384. The predicted octanol–water partition coefficient (Wildman–Crippen LogP) is 2.73. The minimum absolute atomic E-state index is 0.0427. The second-order valence-electron chi connectivity index (χ2n) is 6.46. The number of esters is 1. The number of hydrogen-bond acceptors (Lipinski definition) is 5. The normalized spacial score (nSPS) is 12.8. The highest BCUT2D eigenvalue weighted by Gasteiger charge is 2.21. The third kappa shape index (κ3) is 4.82. The first-order chi connectivity index (χ1) is 13.5. The molecule has 0 aliphatic heterocycles. The molecule has 2 atom stereocenters. The summed E-state index contributed by atoms with van der Waals surface area (Å²) in [5.74, 6) is -0.897. The minimum Gasteiger partial charge on any atom is -0.448 e. The van der Waals surface area contributed by atoms with Gasteiger partial charge in [-0.15, -0.1) is 5.10 Å². The van der Waals surface area contributed by atoms with Gasteiger partial charge in [-0.2, -0.15) is 9.90 Å². The van der Waals surface area contributed by atoms with E-state index < -0.39 is 12.1 Å². The fourth-order valence-electron chi connectivity index (χ4n) is 2.61. The molecule has 0 aliphatic rings. The molecule has 3 aromatic rings. The highest BCUT2D eigenvalue weighted by atomic mass is 16.5. The van der Waals surface area contributed by atoms with Gasteiger partial charge in [0.25, 0.3) is 5.91 Å². The molecule has 3 rings (SSSR count). The van der Waals surface area contributed by atoms with Crippen LogP contribution in [0, 0.1) is 0 Å². The Morgan fingerprint density at radius 2 is 1.68 bits per heavy atom. The van der Waals surface area contributed by atoms with Crippen molar-refractivity contribution in [2.45, 2.75) is 25.9 Å². The molecule has 0 fully saturated rings. The summed E-state index contributed by atoms with van der Waals surface area (Å²) >= 11 is 0. The van der Waals surface area contributed by atoms with E-state index in [0.717, 1.165) is 11.3 Å². The van der Waals surface area contributed by atoms with Crippen molar-refractivity contribution >= 4 is 11.9 Å². The molecule has 144 valence electrons. The Labute approximate surface area is 163 Å². The average Bonchev–Trinajstić information content (AvgIpc) is 3.23. The lowest BCUT2D eigenvalue weighted by atomic mass is 10.0. The maximum absolute atomic E-state index is 12.2. The van der Waals surface area contributed by atoms with E-state index in [1.54, 1.807) is 0 Å². The SMILES string of the molecule is C[C@H](OC(=O)c1cnn(-c2ccccc2)n1)C(=O)NC[C@@H](C)c1ccccc1. The van der Waals surface area contributed by atoms with Gasteiger partial charge in [0.1, 0.15) is 0 Å². The number of nitrogens with one attached hydrogen (secondary N) is 1. The Morgan fingerprint density at radius 1 is 1.04 bits per heavy atom. The number of carbonyl (C=O) groups is 2. The number of aromatic nitrogens is 3. The van der Waals surface area contributed by atoms with Gasteiger partial charge in [0.2, 0.25) is 0 Å². The van der Waals surface area contributed by atoms with E-state index in [9.17, 15) is 9.59 Å². The Balaban J connectivity index is 1.52. The van der Waals surface area contributed by atoms with Gasteiger partial charge in [0, 0.05) is 6.54 Å². The zero-order valence-electron chi connectivity index (χ0n) is 15.8. The van der Waals surface area contributed by atoms with E-state index in [2.05, 4.69) is 15.5 Å². The standard InChI is InChI=1S/C21H22N4O3/c1-15(17-9-5-3-6-10-17)13-22-20(26)16(2)28-21(27)19-14-23-25(24-19)18-11-7-4-8-12-18/h3-12,14-16H,13H2,1-2H3,(H,22,26)/t15-,16+/m1/s1. The first-order valence-electron chi connectivity index (χ1n) is 9.06. The second-order valence-corrected chi connectivity index (χ2v) is 6.46. The first kappa shape index (κ1) is 19.3. The maximum Gasteiger partial charge on any atom is 0.361 e. The van der Waals surface area contributed by atoms with Gasteiger partial charge in [-0.1, -0.05) is 55.5 Å². The summed E-state index contributed by atoms with van der Waals surface area (Å²) in [5, 5.41) is 11.0. The predicted molar refractivity (Wildman–Crippen MR) is 104 cm³/mol. The molecule has 7 nitrogen and oxygen atoms in total. The molecule has 1 N–H and O–H groups in total. The number of para-hydroxylation sites is 1. The average molecular weight is 378 g/mol. The van der Waals surface area contributed by atoms with Crippen LogP contribution in [0.1, 0.15) is 35.8 Å². The van der Waals surface area contributed by atoms with E-state index in [4.69, 9.17) is 4.74 Å². The Hall–Kier alpha value is -3.48. The molecule has 2 aromatic carbocycles. The highest BCUT2D eigenvalue weighted by molar-refractivity contribution is 5.90.